The second-order valence-electron chi connectivity index (χ2n) is 4.84. The fourth-order valence-electron chi connectivity index (χ4n) is 2.36. The van der Waals surface area contributed by atoms with Gasteiger partial charge in [-0.2, -0.15) is 0 Å². The number of primary amides is 1. The molecule has 0 aliphatic carbocycles. The third kappa shape index (κ3) is 2.89. The number of hydrogen-bond acceptors (Lipinski definition) is 3. The lowest BCUT2D eigenvalue weighted by Crippen LogP contribution is -2.44. The van der Waals surface area contributed by atoms with Gasteiger partial charge in [0.05, 0.1) is 18.6 Å². The summed E-state index contributed by atoms with van der Waals surface area (Å²) in [7, 11) is 1.43. The summed E-state index contributed by atoms with van der Waals surface area (Å²) in [5, 5.41) is 0. The van der Waals surface area contributed by atoms with Gasteiger partial charge in [-0.25, -0.2) is 4.39 Å². The molecule has 1 heterocycles. The molecule has 0 spiro atoms. The van der Waals surface area contributed by atoms with Crippen LogP contribution in [0.4, 0.5) is 4.39 Å². The minimum absolute atomic E-state index is 0.0177. The van der Waals surface area contributed by atoms with Crippen molar-refractivity contribution in [2.24, 2.45) is 11.7 Å². The quantitative estimate of drug-likeness (QED) is 0.903. The van der Waals surface area contributed by atoms with Gasteiger partial charge in [0, 0.05) is 19.2 Å². The smallest absolute Gasteiger partial charge is 0.256 e. The summed E-state index contributed by atoms with van der Waals surface area (Å²) < 4.78 is 18.8. The Hall–Kier alpha value is -2.11. The van der Waals surface area contributed by atoms with E-state index in [2.05, 4.69) is 0 Å². The number of piperidine rings is 1. The fraction of sp³-hybridized carbons (Fsp3) is 0.429. The van der Waals surface area contributed by atoms with E-state index < -0.39 is 17.6 Å². The van der Waals surface area contributed by atoms with Gasteiger partial charge in [-0.15, -0.1) is 0 Å². The Balaban J connectivity index is 2.16. The lowest BCUT2D eigenvalue weighted by molar-refractivity contribution is -0.123. The summed E-state index contributed by atoms with van der Waals surface area (Å²) in [5.41, 5.74) is 5.25. The molecule has 1 aliphatic rings. The lowest BCUT2D eigenvalue weighted by Gasteiger charge is -2.31. The van der Waals surface area contributed by atoms with Gasteiger partial charge in [0.15, 0.2) is 0 Å². The molecule has 0 aromatic heterocycles. The van der Waals surface area contributed by atoms with Gasteiger partial charge in [0.2, 0.25) is 5.91 Å². The Morgan fingerprint density at radius 1 is 1.45 bits per heavy atom. The number of methoxy groups -OCH3 is 1. The second-order valence-corrected chi connectivity index (χ2v) is 4.84. The molecule has 2 rings (SSSR count). The predicted molar refractivity (Wildman–Crippen MR) is 70.8 cm³/mol. The molecule has 1 atom stereocenters. The molecule has 2 N–H and O–H groups in total. The van der Waals surface area contributed by atoms with Crippen molar-refractivity contribution >= 4 is 11.8 Å². The summed E-state index contributed by atoms with van der Waals surface area (Å²) in [6, 6.07) is 4.10. The van der Waals surface area contributed by atoms with Crippen LogP contribution in [-0.2, 0) is 4.79 Å². The minimum Gasteiger partial charge on any atom is -0.497 e. The maximum absolute atomic E-state index is 13.9. The number of ether oxygens (including phenoxy) is 1. The van der Waals surface area contributed by atoms with Crippen molar-refractivity contribution in [2.45, 2.75) is 12.8 Å². The largest absolute Gasteiger partial charge is 0.497 e. The van der Waals surface area contributed by atoms with E-state index in [1.807, 2.05) is 0 Å². The first-order valence-corrected chi connectivity index (χ1v) is 6.45. The first-order valence-electron chi connectivity index (χ1n) is 6.45. The normalized spacial score (nSPS) is 18.7. The van der Waals surface area contributed by atoms with Crippen LogP contribution >= 0.6 is 0 Å². The molecular weight excluding hydrogens is 263 g/mol. The maximum atomic E-state index is 13.9. The lowest BCUT2D eigenvalue weighted by atomic mass is 9.97. The van der Waals surface area contributed by atoms with Gasteiger partial charge in [0.1, 0.15) is 11.6 Å². The van der Waals surface area contributed by atoms with E-state index in [0.717, 1.165) is 0 Å². The highest BCUT2D eigenvalue weighted by atomic mass is 19.1. The van der Waals surface area contributed by atoms with Gasteiger partial charge in [-0.3, -0.25) is 9.59 Å². The molecule has 20 heavy (non-hydrogen) atoms. The first-order chi connectivity index (χ1) is 9.52. The average Bonchev–Trinajstić information content (AvgIpc) is 2.46. The zero-order valence-corrected chi connectivity index (χ0v) is 11.3. The molecule has 1 fully saturated rings. The van der Waals surface area contributed by atoms with Crippen molar-refractivity contribution in [2.75, 3.05) is 20.2 Å². The molecule has 1 aromatic carbocycles. The van der Waals surface area contributed by atoms with Crippen molar-refractivity contribution in [3.05, 3.63) is 29.6 Å². The van der Waals surface area contributed by atoms with E-state index in [9.17, 15) is 14.0 Å². The average molecular weight is 280 g/mol. The van der Waals surface area contributed by atoms with Crippen LogP contribution in [0.2, 0.25) is 0 Å². The highest BCUT2D eigenvalue weighted by Gasteiger charge is 2.28. The Kier molecular flexibility index (Phi) is 4.22. The molecule has 6 heteroatoms. The molecular formula is C14H17FN2O3. The summed E-state index contributed by atoms with van der Waals surface area (Å²) >= 11 is 0. The highest BCUT2D eigenvalue weighted by molar-refractivity contribution is 5.95. The van der Waals surface area contributed by atoms with Crippen LogP contribution in [0.1, 0.15) is 23.2 Å². The zero-order chi connectivity index (χ0) is 14.7. The van der Waals surface area contributed by atoms with Crippen LogP contribution in [-0.4, -0.2) is 36.9 Å². The first kappa shape index (κ1) is 14.3. The number of carbonyl (C=O) groups excluding carboxylic acids is 2. The van der Waals surface area contributed by atoms with E-state index in [4.69, 9.17) is 10.5 Å². The number of nitrogens with zero attached hydrogens (tertiary/aromatic N) is 1. The topological polar surface area (TPSA) is 72.6 Å². The molecule has 1 saturated heterocycles. The van der Waals surface area contributed by atoms with Crippen molar-refractivity contribution in [3.63, 3.8) is 0 Å². The molecule has 0 bridgehead atoms. The second kappa shape index (κ2) is 5.90. The van der Waals surface area contributed by atoms with Crippen LogP contribution in [0, 0.1) is 11.7 Å². The Labute approximate surface area is 116 Å². The number of halogens is 1. The molecule has 108 valence electrons. The molecule has 0 radical (unpaired) electrons. The van der Waals surface area contributed by atoms with E-state index in [1.54, 1.807) is 0 Å². The number of carbonyl (C=O) groups is 2. The molecule has 2 amide bonds. The summed E-state index contributed by atoms with van der Waals surface area (Å²) in [4.78, 5) is 25.0. The fourth-order valence-corrected chi connectivity index (χ4v) is 2.36. The van der Waals surface area contributed by atoms with Crippen molar-refractivity contribution in [1.29, 1.82) is 0 Å². The molecule has 1 unspecified atom stereocenters. The monoisotopic (exact) mass is 280 g/mol. The SMILES string of the molecule is COc1ccc(C(=O)N2CCCC(C(N)=O)C2)c(F)c1. The molecule has 0 saturated carbocycles. The summed E-state index contributed by atoms with van der Waals surface area (Å²) in [6.07, 6.45) is 1.36. The van der Waals surface area contributed by atoms with Crippen molar-refractivity contribution in [3.8, 4) is 5.75 Å². The number of hydrogen-bond donors (Lipinski definition) is 1. The van der Waals surface area contributed by atoms with Crippen LogP contribution < -0.4 is 10.5 Å². The number of nitrogens with two attached hydrogens (primary N) is 1. The van der Waals surface area contributed by atoms with Crippen LogP contribution in [0.15, 0.2) is 18.2 Å². The van der Waals surface area contributed by atoms with E-state index >= 15 is 0 Å². The van der Waals surface area contributed by atoms with Gasteiger partial charge < -0.3 is 15.4 Å². The number of benzene rings is 1. The van der Waals surface area contributed by atoms with Gasteiger partial charge >= 0.3 is 0 Å². The van der Waals surface area contributed by atoms with Crippen LogP contribution in [0.3, 0.4) is 0 Å². The van der Waals surface area contributed by atoms with Gasteiger partial charge in [-0.1, -0.05) is 0 Å². The third-order valence-corrected chi connectivity index (χ3v) is 3.52. The van der Waals surface area contributed by atoms with E-state index in [1.165, 1.54) is 30.2 Å². The third-order valence-electron chi connectivity index (χ3n) is 3.52. The van der Waals surface area contributed by atoms with E-state index in [-0.39, 0.29) is 18.0 Å². The van der Waals surface area contributed by atoms with Crippen molar-refractivity contribution < 1.29 is 18.7 Å². The zero-order valence-electron chi connectivity index (χ0n) is 11.3. The highest BCUT2D eigenvalue weighted by Crippen LogP contribution is 2.21. The van der Waals surface area contributed by atoms with Gasteiger partial charge in [-0.05, 0) is 25.0 Å². The standard InChI is InChI=1S/C14H17FN2O3/c1-20-10-4-5-11(12(15)7-10)14(19)17-6-2-3-9(8-17)13(16)18/h4-5,7,9H,2-3,6,8H2,1H3,(H2,16,18). The van der Waals surface area contributed by atoms with E-state index in [0.29, 0.717) is 25.1 Å². The minimum atomic E-state index is -0.629. The molecule has 1 aliphatic heterocycles. The Bertz CT molecular complexity index is 533. The number of likely N-dealkylation sites (tertiary alicyclic amines) is 1. The van der Waals surface area contributed by atoms with Gasteiger partial charge in [0.25, 0.3) is 5.91 Å². The summed E-state index contributed by atoms with van der Waals surface area (Å²) in [5.74, 6) is -1.47. The van der Waals surface area contributed by atoms with Crippen LogP contribution in [0.25, 0.3) is 0 Å². The summed E-state index contributed by atoms with van der Waals surface area (Å²) in [6.45, 7) is 0.758. The van der Waals surface area contributed by atoms with Crippen LogP contribution in [0.5, 0.6) is 5.75 Å². The Morgan fingerprint density at radius 3 is 2.80 bits per heavy atom. The number of rotatable bonds is 3. The number of amides is 2. The molecule has 1 aromatic rings. The predicted octanol–water partition coefficient (Wildman–Crippen LogP) is 1.17. The maximum Gasteiger partial charge on any atom is 0.256 e. The van der Waals surface area contributed by atoms with Crippen molar-refractivity contribution in [1.82, 2.24) is 4.90 Å². The molecule has 5 nitrogen and oxygen atoms in total. The Morgan fingerprint density at radius 2 is 2.20 bits per heavy atom.